The monoisotopic (exact) mass is 445 g/mol. The number of aromatic nitrogens is 1. The minimum atomic E-state index is -0.458. The zero-order valence-electron chi connectivity index (χ0n) is 17.6. The molecule has 1 heterocycles. The fourth-order valence-electron chi connectivity index (χ4n) is 2.85. The summed E-state index contributed by atoms with van der Waals surface area (Å²) in [4.78, 5) is 29.2. The van der Waals surface area contributed by atoms with Crippen LogP contribution in [0.4, 0.5) is 5.13 Å². The molecule has 10 heteroatoms. The first-order valence-corrected chi connectivity index (χ1v) is 10.2. The Bertz CT molecular complexity index is 1070. The molecule has 3 aromatic rings. The van der Waals surface area contributed by atoms with Gasteiger partial charge in [-0.05, 0) is 37.3 Å². The summed E-state index contributed by atoms with van der Waals surface area (Å²) in [5.74, 6) is 0.955. The molecule has 3 rings (SSSR count). The summed E-state index contributed by atoms with van der Waals surface area (Å²) in [5.41, 5.74) is 1.02. The van der Waals surface area contributed by atoms with Crippen LogP contribution >= 0.6 is 11.3 Å². The second kappa shape index (κ2) is 9.98. The highest BCUT2D eigenvalue weighted by atomic mass is 32.1. The molecule has 2 amide bonds. The molecule has 0 saturated carbocycles. The molecule has 0 aliphatic rings. The second-order valence-electron chi connectivity index (χ2n) is 6.23. The number of anilines is 1. The van der Waals surface area contributed by atoms with Crippen LogP contribution in [-0.4, -0.2) is 51.3 Å². The zero-order valence-corrected chi connectivity index (χ0v) is 18.4. The maximum atomic E-state index is 12.5. The van der Waals surface area contributed by atoms with Gasteiger partial charge in [-0.25, -0.2) is 4.98 Å². The largest absolute Gasteiger partial charge is 0.494 e. The highest BCUT2D eigenvalue weighted by molar-refractivity contribution is 7.22. The number of carbonyl (C=O) groups excluding carboxylic acids is 2. The highest BCUT2D eigenvalue weighted by Crippen LogP contribution is 2.38. The number of hydrogen-bond acceptors (Lipinski definition) is 8. The van der Waals surface area contributed by atoms with Crippen LogP contribution in [0.2, 0.25) is 0 Å². The first-order chi connectivity index (χ1) is 15.0. The molecule has 31 heavy (non-hydrogen) atoms. The molecule has 0 atom stereocenters. The Balaban J connectivity index is 1.64. The van der Waals surface area contributed by atoms with Gasteiger partial charge in [0.25, 0.3) is 5.91 Å². The van der Waals surface area contributed by atoms with E-state index in [4.69, 9.17) is 18.9 Å². The number of amides is 2. The van der Waals surface area contributed by atoms with E-state index in [-0.39, 0.29) is 12.1 Å². The van der Waals surface area contributed by atoms with Gasteiger partial charge in [-0.3, -0.25) is 9.59 Å². The van der Waals surface area contributed by atoms with Gasteiger partial charge in [0, 0.05) is 5.56 Å². The Labute approximate surface area is 183 Å². The van der Waals surface area contributed by atoms with E-state index in [0.717, 1.165) is 16.0 Å². The number of carbonyl (C=O) groups is 2. The van der Waals surface area contributed by atoms with Crippen molar-refractivity contribution in [1.29, 1.82) is 0 Å². The fraction of sp³-hybridized carbons (Fsp3) is 0.286. The van der Waals surface area contributed by atoms with Crippen molar-refractivity contribution in [2.75, 3.05) is 39.8 Å². The van der Waals surface area contributed by atoms with E-state index < -0.39 is 11.8 Å². The number of hydrogen-bond donors (Lipinski definition) is 2. The van der Waals surface area contributed by atoms with Crippen LogP contribution in [0.15, 0.2) is 30.3 Å². The molecular formula is C21H23N3O6S. The van der Waals surface area contributed by atoms with Crippen molar-refractivity contribution in [2.24, 2.45) is 0 Å². The number of thiazole rings is 1. The summed E-state index contributed by atoms with van der Waals surface area (Å²) in [6.45, 7) is 2.25. The quantitative estimate of drug-likeness (QED) is 0.521. The third kappa shape index (κ3) is 5.15. The lowest BCUT2D eigenvalue weighted by Crippen LogP contribution is -2.32. The van der Waals surface area contributed by atoms with Crippen LogP contribution in [0, 0.1) is 0 Å². The van der Waals surface area contributed by atoms with E-state index in [1.165, 1.54) is 44.8 Å². The zero-order chi connectivity index (χ0) is 22.4. The molecule has 9 nitrogen and oxygen atoms in total. The molecule has 0 bridgehead atoms. The van der Waals surface area contributed by atoms with Crippen LogP contribution in [0.3, 0.4) is 0 Å². The fourth-order valence-corrected chi connectivity index (χ4v) is 3.76. The minimum absolute atomic E-state index is 0.227. The molecule has 0 saturated heterocycles. The van der Waals surface area contributed by atoms with Crippen molar-refractivity contribution < 1.29 is 28.5 Å². The van der Waals surface area contributed by atoms with Gasteiger partial charge in [0.15, 0.2) is 16.6 Å². The molecule has 0 spiro atoms. The number of nitrogens with one attached hydrogen (secondary N) is 2. The lowest BCUT2D eigenvalue weighted by molar-refractivity contribution is -0.115. The van der Waals surface area contributed by atoms with Gasteiger partial charge >= 0.3 is 0 Å². The smallest absolute Gasteiger partial charge is 0.251 e. The van der Waals surface area contributed by atoms with E-state index in [2.05, 4.69) is 15.6 Å². The molecule has 0 radical (unpaired) electrons. The number of nitrogens with zero attached hydrogens (tertiary/aromatic N) is 1. The topological polar surface area (TPSA) is 108 Å². The lowest BCUT2D eigenvalue weighted by atomic mass is 10.1. The van der Waals surface area contributed by atoms with Crippen LogP contribution in [0.5, 0.6) is 23.0 Å². The van der Waals surface area contributed by atoms with E-state index in [1.807, 2.05) is 25.1 Å². The predicted molar refractivity (Wildman–Crippen MR) is 118 cm³/mol. The maximum Gasteiger partial charge on any atom is 0.251 e. The normalized spacial score (nSPS) is 10.5. The van der Waals surface area contributed by atoms with Gasteiger partial charge in [0.1, 0.15) is 5.75 Å². The average Bonchev–Trinajstić information content (AvgIpc) is 3.17. The van der Waals surface area contributed by atoms with Gasteiger partial charge in [0.2, 0.25) is 11.7 Å². The third-order valence-corrected chi connectivity index (χ3v) is 5.19. The van der Waals surface area contributed by atoms with Crippen molar-refractivity contribution in [2.45, 2.75) is 6.92 Å². The molecule has 0 fully saturated rings. The molecule has 0 aliphatic carbocycles. The summed E-state index contributed by atoms with van der Waals surface area (Å²) >= 11 is 1.33. The summed E-state index contributed by atoms with van der Waals surface area (Å²) in [7, 11) is 4.40. The van der Waals surface area contributed by atoms with E-state index >= 15 is 0 Å². The highest BCUT2D eigenvalue weighted by Gasteiger charge is 2.18. The summed E-state index contributed by atoms with van der Waals surface area (Å²) < 4.78 is 22.1. The Hall–Kier alpha value is -3.53. The first kappa shape index (κ1) is 22.2. The Morgan fingerprint density at radius 3 is 2.35 bits per heavy atom. The van der Waals surface area contributed by atoms with E-state index in [1.54, 1.807) is 0 Å². The summed E-state index contributed by atoms with van der Waals surface area (Å²) in [6.07, 6.45) is 0. The molecule has 2 N–H and O–H groups in total. The number of methoxy groups -OCH3 is 3. The van der Waals surface area contributed by atoms with Gasteiger partial charge in [-0.15, -0.1) is 0 Å². The van der Waals surface area contributed by atoms with Gasteiger partial charge < -0.3 is 29.6 Å². The van der Waals surface area contributed by atoms with Gasteiger partial charge in [0.05, 0.1) is 44.7 Å². The van der Waals surface area contributed by atoms with Crippen LogP contribution in [0.1, 0.15) is 17.3 Å². The van der Waals surface area contributed by atoms with Crippen LogP contribution in [-0.2, 0) is 4.79 Å². The molecule has 2 aromatic carbocycles. The van der Waals surface area contributed by atoms with Crippen LogP contribution in [0.25, 0.3) is 10.2 Å². The van der Waals surface area contributed by atoms with Gasteiger partial charge in [-0.1, -0.05) is 11.3 Å². The Morgan fingerprint density at radius 1 is 1.03 bits per heavy atom. The number of benzene rings is 2. The van der Waals surface area contributed by atoms with Crippen LogP contribution < -0.4 is 29.6 Å². The standard InChI is InChI=1S/C21H23N3O6S/c1-5-30-13-6-7-14-17(10-13)31-21(23-14)24-18(25)11-22-20(26)12-8-15(27-2)19(29-4)16(9-12)28-3/h6-10H,5,11H2,1-4H3,(H,22,26)(H,23,24,25). The molecule has 0 aliphatic heterocycles. The van der Waals surface area contributed by atoms with Crippen molar-refractivity contribution in [3.8, 4) is 23.0 Å². The van der Waals surface area contributed by atoms with Crippen molar-refractivity contribution in [3.63, 3.8) is 0 Å². The Kier molecular flexibility index (Phi) is 7.14. The van der Waals surface area contributed by atoms with Crippen molar-refractivity contribution in [1.82, 2.24) is 10.3 Å². The lowest BCUT2D eigenvalue weighted by Gasteiger charge is -2.14. The van der Waals surface area contributed by atoms with Gasteiger partial charge in [-0.2, -0.15) is 0 Å². The van der Waals surface area contributed by atoms with Crippen molar-refractivity contribution >= 4 is 38.5 Å². The SMILES string of the molecule is CCOc1ccc2nc(NC(=O)CNC(=O)c3cc(OC)c(OC)c(OC)c3)sc2c1. The number of ether oxygens (including phenoxy) is 4. The predicted octanol–water partition coefficient (Wildman–Crippen LogP) is 3.09. The summed E-state index contributed by atoms with van der Waals surface area (Å²) in [5, 5.41) is 5.71. The summed E-state index contributed by atoms with van der Waals surface area (Å²) in [6, 6.07) is 8.56. The maximum absolute atomic E-state index is 12.5. The average molecular weight is 445 g/mol. The van der Waals surface area contributed by atoms with E-state index in [9.17, 15) is 9.59 Å². The first-order valence-electron chi connectivity index (χ1n) is 9.40. The van der Waals surface area contributed by atoms with Crippen molar-refractivity contribution in [3.05, 3.63) is 35.9 Å². The molecule has 0 unspecified atom stereocenters. The molecule has 1 aromatic heterocycles. The second-order valence-corrected chi connectivity index (χ2v) is 7.26. The third-order valence-electron chi connectivity index (χ3n) is 4.25. The molecular weight excluding hydrogens is 422 g/mol. The minimum Gasteiger partial charge on any atom is -0.494 e. The Morgan fingerprint density at radius 2 is 1.74 bits per heavy atom. The van der Waals surface area contributed by atoms with E-state index in [0.29, 0.717) is 29.0 Å². The number of rotatable bonds is 9. The molecule has 164 valence electrons. The number of fused-ring (bicyclic) bond motifs is 1.